The molecule has 0 heterocycles. The largest absolute Gasteiger partial charge is 1.00 e. The van der Waals surface area contributed by atoms with Gasteiger partial charge in [0.25, 0.3) is 10.1 Å². The van der Waals surface area contributed by atoms with Gasteiger partial charge in [0.1, 0.15) is 20.8 Å². The van der Waals surface area contributed by atoms with Crippen molar-refractivity contribution in [2.24, 2.45) is 0 Å². The molecule has 0 saturated carbocycles. The van der Waals surface area contributed by atoms with Crippen molar-refractivity contribution < 1.29 is 60.6 Å². The van der Waals surface area contributed by atoms with E-state index in [0.717, 1.165) is 24.5 Å². The number of phenolic OH excluding ortho intramolecular Hbond substituents is 1. The summed E-state index contributed by atoms with van der Waals surface area (Å²) in [6, 6.07) is 12.5. The Kier molecular flexibility index (Phi) is 8.28. The van der Waals surface area contributed by atoms with Gasteiger partial charge in [0.2, 0.25) is 0 Å². The van der Waals surface area contributed by atoms with Crippen LogP contribution in [0.1, 0.15) is 29.2 Å². The first-order valence-corrected chi connectivity index (χ1v) is 10.3. The first-order valence-electron chi connectivity index (χ1n) is 7.38. The van der Waals surface area contributed by atoms with E-state index in [-0.39, 0.29) is 29.6 Å². The standard InChI is InChI=1S/C10H12O3S.C6H6O4S.Na/c11-14(12,13)10-7-3-5-8-4-1-2-6-9(8)10;7-5-3-1-2-4-6(5)11(8,9)10;/h1-2,4,6,10H,3,5,7H2,(H,11,12,13);1-4,7H,(H,8,9,10);/q;;+1/p-1. The van der Waals surface area contributed by atoms with Crippen LogP contribution in [-0.4, -0.2) is 31.0 Å². The SMILES string of the molecule is O=S(=O)(O)c1ccccc1O.O=S(=O)([O-])C1CCCc2ccccc21.[Na+]. The van der Waals surface area contributed by atoms with E-state index < -0.39 is 36.1 Å². The van der Waals surface area contributed by atoms with E-state index in [1.165, 1.54) is 18.2 Å². The number of hydrogen-bond donors (Lipinski definition) is 2. The first kappa shape index (κ1) is 23.1. The summed E-state index contributed by atoms with van der Waals surface area (Å²) >= 11 is 0. The van der Waals surface area contributed by atoms with Gasteiger partial charge in [-0.15, -0.1) is 0 Å². The normalized spacial score (nSPS) is 16.5. The summed E-state index contributed by atoms with van der Waals surface area (Å²) in [7, 11) is -8.47. The van der Waals surface area contributed by atoms with Crippen LogP contribution in [0.4, 0.5) is 0 Å². The summed E-state index contributed by atoms with van der Waals surface area (Å²) in [5, 5.41) is 8.08. The molecule has 0 fully saturated rings. The smallest absolute Gasteiger partial charge is 0.747 e. The molecule has 3 rings (SSSR count). The van der Waals surface area contributed by atoms with Crippen LogP contribution >= 0.6 is 0 Å². The summed E-state index contributed by atoms with van der Waals surface area (Å²) in [5.74, 6) is -0.449. The number of rotatable bonds is 2. The van der Waals surface area contributed by atoms with E-state index in [0.29, 0.717) is 12.0 Å². The zero-order valence-corrected chi connectivity index (χ0v) is 17.7. The van der Waals surface area contributed by atoms with Crippen LogP contribution in [0, 0.1) is 0 Å². The van der Waals surface area contributed by atoms with Crippen molar-refractivity contribution in [3.63, 3.8) is 0 Å². The van der Waals surface area contributed by atoms with Gasteiger partial charge in [-0.2, -0.15) is 8.42 Å². The monoisotopic (exact) mass is 408 g/mol. The molecule has 0 spiro atoms. The molecule has 0 radical (unpaired) electrons. The van der Waals surface area contributed by atoms with Gasteiger partial charge in [-0.1, -0.05) is 36.4 Å². The van der Waals surface area contributed by atoms with Gasteiger partial charge in [0.05, 0.1) is 5.25 Å². The van der Waals surface area contributed by atoms with Crippen molar-refractivity contribution >= 4 is 20.2 Å². The molecule has 10 heteroatoms. The maximum Gasteiger partial charge on any atom is 1.00 e. The van der Waals surface area contributed by atoms with Crippen LogP contribution in [0.2, 0.25) is 0 Å². The Morgan fingerprint density at radius 3 is 2.08 bits per heavy atom. The Morgan fingerprint density at radius 1 is 0.962 bits per heavy atom. The first-order chi connectivity index (χ1) is 11.6. The molecule has 1 atom stereocenters. The number of fused-ring (bicyclic) bond motifs is 1. The summed E-state index contributed by atoms with van der Waals surface area (Å²) in [5.41, 5.74) is 1.71. The quantitative estimate of drug-likeness (QED) is 0.494. The van der Waals surface area contributed by atoms with Crippen molar-refractivity contribution in [1.29, 1.82) is 0 Å². The van der Waals surface area contributed by atoms with Crippen LogP contribution in [0.5, 0.6) is 5.75 Å². The molecule has 1 aliphatic rings. The molecule has 2 aromatic carbocycles. The molecule has 136 valence electrons. The zero-order valence-electron chi connectivity index (χ0n) is 14.1. The van der Waals surface area contributed by atoms with E-state index in [1.54, 1.807) is 12.1 Å². The third kappa shape index (κ3) is 6.05. The zero-order chi connectivity index (χ0) is 18.7. The minimum Gasteiger partial charge on any atom is -0.747 e. The van der Waals surface area contributed by atoms with Crippen LogP contribution in [0.3, 0.4) is 0 Å². The fourth-order valence-corrected chi connectivity index (χ4v) is 4.26. The average Bonchev–Trinajstić information content (AvgIpc) is 2.53. The van der Waals surface area contributed by atoms with Crippen molar-refractivity contribution in [2.45, 2.75) is 29.4 Å². The molecule has 0 aliphatic heterocycles. The van der Waals surface area contributed by atoms with Gasteiger partial charge in [0.15, 0.2) is 0 Å². The van der Waals surface area contributed by atoms with Crippen molar-refractivity contribution in [3.05, 3.63) is 59.7 Å². The number of aromatic hydroxyl groups is 1. The molecule has 7 nitrogen and oxygen atoms in total. The number of aryl methyl sites for hydroxylation is 1. The van der Waals surface area contributed by atoms with E-state index >= 15 is 0 Å². The van der Waals surface area contributed by atoms with Gasteiger partial charge in [-0.25, -0.2) is 8.42 Å². The fourth-order valence-electron chi connectivity index (χ4n) is 2.68. The van der Waals surface area contributed by atoms with Gasteiger partial charge < -0.3 is 9.66 Å². The Balaban J connectivity index is 0.000000258. The van der Waals surface area contributed by atoms with Crippen LogP contribution < -0.4 is 29.6 Å². The Bertz CT molecular complexity index is 956. The minimum absolute atomic E-state index is 0. The topological polar surface area (TPSA) is 132 Å². The van der Waals surface area contributed by atoms with E-state index in [2.05, 4.69) is 0 Å². The maximum absolute atomic E-state index is 11.0. The third-order valence-corrected chi connectivity index (χ3v) is 5.89. The van der Waals surface area contributed by atoms with Gasteiger partial charge in [-0.05, 0) is 42.5 Å². The molecule has 2 aromatic rings. The molecule has 1 aliphatic carbocycles. The molecule has 0 saturated heterocycles. The van der Waals surface area contributed by atoms with Crippen LogP contribution in [0.25, 0.3) is 0 Å². The van der Waals surface area contributed by atoms with Crippen LogP contribution in [-0.2, 0) is 26.7 Å². The maximum atomic E-state index is 11.0. The summed E-state index contributed by atoms with van der Waals surface area (Å²) < 4.78 is 62.4. The summed E-state index contributed by atoms with van der Waals surface area (Å²) in [4.78, 5) is -0.472. The average molecular weight is 408 g/mol. The van der Waals surface area contributed by atoms with Crippen molar-refractivity contribution in [2.75, 3.05) is 0 Å². The van der Waals surface area contributed by atoms with E-state index in [9.17, 15) is 21.4 Å². The number of benzene rings is 2. The van der Waals surface area contributed by atoms with Gasteiger partial charge in [0, 0.05) is 0 Å². The number of para-hydroxylation sites is 1. The second-order valence-corrected chi connectivity index (χ2v) is 8.46. The minimum atomic E-state index is -4.28. The van der Waals surface area contributed by atoms with Gasteiger partial charge >= 0.3 is 29.6 Å². The molecule has 1 unspecified atom stereocenters. The molecular weight excluding hydrogens is 391 g/mol. The Labute approximate surface area is 174 Å². The molecule has 26 heavy (non-hydrogen) atoms. The third-order valence-electron chi connectivity index (χ3n) is 3.81. The van der Waals surface area contributed by atoms with E-state index in [4.69, 9.17) is 9.66 Å². The second-order valence-electron chi connectivity index (χ2n) is 5.52. The molecular formula is C16H17NaO7S2. The summed E-state index contributed by atoms with van der Waals surface area (Å²) in [6.07, 6.45) is 2.12. The molecule has 0 amide bonds. The Morgan fingerprint density at radius 2 is 1.54 bits per heavy atom. The predicted octanol–water partition coefficient (Wildman–Crippen LogP) is -0.748. The predicted molar refractivity (Wildman–Crippen MR) is 89.7 cm³/mol. The van der Waals surface area contributed by atoms with E-state index in [1.807, 2.05) is 12.1 Å². The molecule has 0 aromatic heterocycles. The molecule has 0 bridgehead atoms. The van der Waals surface area contributed by atoms with Crippen molar-refractivity contribution in [3.8, 4) is 5.75 Å². The molecule has 2 N–H and O–H groups in total. The van der Waals surface area contributed by atoms with Gasteiger partial charge in [-0.3, -0.25) is 4.55 Å². The number of hydrogen-bond acceptors (Lipinski definition) is 6. The fraction of sp³-hybridized carbons (Fsp3) is 0.250. The van der Waals surface area contributed by atoms with Crippen molar-refractivity contribution in [1.82, 2.24) is 0 Å². The second kappa shape index (κ2) is 9.32. The summed E-state index contributed by atoms with van der Waals surface area (Å²) in [6.45, 7) is 0. The van der Waals surface area contributed by atoms with Crippen LogP contribution in [0.15, 0.2) is 53.4 Å². The number of phenols is 1. The Hall–Kier alpha value is -0.940.